The number of nitrogen functional groups attached to an aromatic ring is 1. The van der Waals surface area contributed by atoms with Gasteiger partial charge in [0.2, 0.25) is 5.82 Å². The van der Waals surface area contributed by atoms with Crippen LogP contribution in [0.5, 0.6) is 0 Å². The number of fused-ring (bicyclic) bond motifs is 1. The summed E-state index contributed by atoms with van der Waals surface area (Å²) in [6.07, 6.45) is 5.26. The monoisotopic (exact) mass is 596 g/mol. The summed E-state index contributed by atoms with van der Waals surface area (Å²) >= 11 is 6.25. The summed E-state index contributed by atoms with van der Waals surface area (Å²) in [4.78, 5) is 24.2. The summed E-state index contributed by atoms with van der Waals surface area (Å²) in [7, 11) is 0. The molecule has 5 heterocycles. The summed E-state index contributed by atoms with van der Waals surface area (Å²) in [5.74, 6) is 1.95. The number of nitrogens with one attached hydrogen (secondary N) is 1. The summed E-state index contributed by atoms with van der Waals surface area (Å²) in [6, 6.07) is 19.9. The fourth-order valence-electron chi connectivity index (χ4n) is 4.91. The molecule has 222 valence electrons. The van der Waals surface area contributed by atoms with Crippen LogP contribution in [0.1, 0.15) is 51.9 Å². The second kappa shape index (κ2) is 15.0. The van der Waals surface area contributed by atoms with E-state index < -0.39 is 0 Å². The van der Waals surface area contributed by atoms with Crippen LogP contribution in [0.2, 0.25) is 5.15 Å². The van der Waals surface area contributed by atoms with Gasteiger partial charge in [0, 0.05) is 43.8 Å². The van der Waals surface area contributed by atoms with E-state index >= 15 is 0 Å². The number of nitrogens with zero attached hydrogens (tertiary/aromatic N) is 8. The van der Waals surface area contributed by atoms with Crippen LogP contribution in [0.25, 0.3) is 28.2 Å². The maximum Gasteiger partial charge on any atom is 0.234 e. The maximum atomic E-state index is 9.02. The Kier molecular flexibility index (Phi) is 11.0. The van der Waals surface area contributed by atoms with Crippen LogP contribution >= 0.6 is 11.6 Å². The lowest BCUT2D eigenvalue weighted by molar-refractivity contribution is 0.211. The first-order valence-electron chi connectivity index (χ1n) is 14.6. The maximum absolute atomic E-state index is 9.02. The number of nitrogens with two attached hydrogens (primary N) is 1. The Morgan fingerprint density at radius 1 is 0.930 bits per heavy atom. The van der Waals surface area contributed by atoms with Gasteiger partial charge in [-0.1, -0.05) is 51.4 Å². The largest absolute Gasteiger partial charge is 0.383 e. The van der Waals surface area contributed by atoms with Crippen molar-refractivity contribution in [2.45, 2.75) is 53.1 Å². The highest BCUT2D eigenvalue weighted by molar-refractivity contribution is 6.29. The van der Waals surface area contributed by atoms with E-state index in [1.807, 2.05) is 56.5 Å². The zero-order valence-corrected chi connectivity index (χ0v) is 25.8. The molecule has 0 radical (unpaired) electrons. The Morgan fingerprint density at radius 2 is 1.67 bits per heavy atom. The number of hydrogen-bond acceptors (Lipinski definition) is 9. The summed E-state index contributed by atoms with van der Waals surface area (Å²) in [5, 5.41) is 12.9. The fraction of sp³-hybridized carbons (Fsp3) is 0.312. The highest BCUT2D eigenvalue weighted by Crippen LogP contribution is 2.31. The molecule has 6 rings (SSSR count). The number of imidazole rings is 1. The standard InChI is InChI=1S/C28H25ClN10.2C2H6/c29-23-8-7-22-28(36-23)39(27(35-22)21-2-1-12-33-26(21)31)20-5-3-18(4-6-20)17-38-14-10-19(11-15-38)34-24-9-13-32-25(16-30)37-24;2*1-2/h1-9,12-13,19H,10-11,14-15,17H2,(H2,31,33)(H,32,34,37);2*1-2H3. The van der Waals surface area contributed by atoms with Gasteiger partial charge in [-0.25, -0.2) is 24.9 Å². The molecule has 0 amide bonds. The first kappa shape index (κ1) is 31.3. The molecule has 0 bridgehead atoms. The van der Waals surface area contributed by atoms with Gasteiger partial charge in [0.1, 0.15) is 28.4 Å². The van der Waals surface area contributed by atoms with E-state index in [4.69, 9.17) is 27.6 Å². The lowest BCUT2D eigenvalue weighted by atomic mass is 10.0. The Labute approximate surface area is 257 Å². The van der Waals surface area contributed by atoms with Crippen LogP contribution in [-0.4, -0.2) is 53.5 Å². The molecule has 1 fully saturated rings. The Balaban J connectivity index is 0.00000102. The van der Waals surface area contributed by atoms with Gasteiger partial charge in [-0.05, 0) is 60.9 Å². The van der Waals surface area contributed by atoms with Gasteiger partial charge in [-0.3, -0.25) is 9.47 Å². The predicted molar refractivity (Wildman–Crippen MR) is 173 cm³/mol. The summed E-state index contributed by atoms with van der Waals surface area (Å²) in [5.41, 5.74) is 10.5. The van der Waals surface area contributed by atoms with Crippen molar-refractivity contribution < 1.29 is 0 Å². The molecule has 1 aromatic carbocycles. The minimum atomic E-state index is 0.180. The first-order valence-corrected chi connectivity index (χ1v) is 15.0. The summed E-state index contributed by atoms with van der Waals surface area (Å²) in [6.45, 7) is 10.8. The second-order valence-electron chi connectivity index (χ2n) is 9.42. The highest BCUT2D eigenvalue weighted by Gasteiger charge is 2.21. The molecule has 4 aromatic heterocycles. The van der Waals surface area contributed by atoms with E-state index in [-0.39, 0.29) is 5.82 Å². The first-order chi connectivity index (χ1) is 21.1. The average Bonchev–Trinajstić information content (AvgIpc) is 3.43. The predicted octanol–water partition coefficient (Wildman–Crippen LogP) is 6.51. The van der Waals surface area contributed by atoms with Gasteiger partial charge in [0.15, 0.2) is 11.5 Å². The number of halogens is 1. The quantitative estimate of drug-likeness (QED) is 0.210. The third-order valence-corrected chi connectivity index (χ3v) is 7.06. The molecule has 11 heteroatoms. The minimum Gasteiger partial charge on any atom is -0.383 e. The van der Waals surface area contributed by atoms with Crippen molar-refractivity contribution in [3.05, 3.63) is 83.5 Å². The number of benzene rings is 1. The number of rotatable bonds is 6. The van der Waals surface area contributed by atoms with Gasteiger partial charge >= 0.3 is 0 Å². The number of likely N-dealkylation sites (tertiary alicyclic amines) is 1. The number of aromatic nitrogens is 6. The molecular formula is C32H37ClN10. The molecule has 3 N–H and O–H groups in total. The molecule has 5 aromatic rings. The van der Waals surface area contributed by atoms with E-state index in [9.17, 15) is 0 Å². The SMILES string of the molecule is CC.CC.N#Cc1nccc(NC2CCN(Cc3ccc(-n4c(-c5cccnc5N)nc5ccc(Cl)nc54)cc3)CC2)n1. The van der Waals surface area contributed by atoms with Crippen molar-refractivity contribution in [3.8, 4) is 23.1 Å². The summed E-state index contributed by atoms with van der Waals surface area (Å²) < 4.78 is 1.97. The molecule has 0 spiro atoms. The van der Waals surface area contributed by atoms with Gasteiger partial charge in [-0.15, -0.1) is 0 Å². The van der Waals surface area contributed by atoms with Crippen LogP contribution in [-0.2, 0) is 6.54 Å². The van der Waals surface area contributed by atoms with Crippen LogP contribution in [0.3, 0.4) is 0 Å². The van der Waals surface area contributed by atoms with Crippen molar-refractivity contribution in [1.29, 1.82) is 5.26 Å². The number of hydrogen-bond donors (Lipinski definition) is 2. The third-order valence-electron chi connectivity index (χ3n) is 6.85. The molecular weight excluding hydrogens is 560 g/mol. The molecule has 1 aliphatic rings. The number of piperidine rings is 1. The third kappa shape index (κ3) is 7.44. The molecule has 0 atom stereocenters. The fourth-order valence-corrected chi connectivity index (χ4v) is 5.06. The molecule has 0 unspecified atom stereocenters. The number of anilines is 2. The molecule has 1 aliphatic heterocycles. The van der Waals surface area contributed by atoms with Gasteiger partial charge in [0.05, 0.1) is 5.56 Å². The zero-order valence-electron chi connectivity index (χ0n) is 25.0. The highest BCUT2D eigenvalue weighted by atomic mass is 35.5. The Hall–Kier alpha value is -4.59. The molecule has 1 saturated heterocycles. The lowest BCUT2D eigenvalue weighted by Crippen LogP contribution is -2.38. The number of pyridine rings is 2. The molecule has 0 saturated carbocycles. The van der Waals surface area contributed by atoms with E-state index in [2.05, 4.69) is 54.4 Å². The van der Waals surface area contributed by atoms with Crippen LogP contribution in [0.15, 0.2) is 67.0 Å². The van der Waals surface area contributed by atoms with Crippen molar-refractivity contribution in [3.63, 3.8) is 0 Å². The molecule has 10 nitrogen and oxygen atoms in total. The van der Waals surface area contributed by atoms with E-state index in [0.29, 0.717) is 34.3 Å². The minimum absolute atomic E-state index is 0.180. The zero-order chi connectivity index (χ0) is 30.8. The normalized spacial score (nSPS) is 13.3. The van der Waals surface area contributed by atoms with Gasteiger partial charge < -0.3 is 11.1 Å². The topological polar surface area (TPSA) is 134 Å². The van der Waals surface area contributed by atoms with Crippen molar-refractivity contribution in [2.24, 2.45) is 0 Å². The Bertz CT molecular complexity index is 1670. The van der Waals surface area contributed by atoms with Crippen molar-refractivity contribution in [2.75, 3.05) is 24.1 Å². The van der Waals surface area contributed by atoms with Crippen LogP contribution < -0.4 is 11.1 Å². The van der Waals surface area contributed by atoms with E-state index in [1.54, 1.807) is 24.5 Å². The lowest BCUT2D eigenvalue weighted by Gasteiger charge is -2.32. The van der Waals surface area contributed by atoms with Gasteiger partial charge in [-0.2, -0.15) is 5.26 Å². The van der Waals surface area contributed by atoms with Crippen LogP contribution in [0, 0.1) is 11.3 Å². The smallest absolute Gasteiger partial charge is 0.234 e. The van der Waals surface area contributed by atoms with E-state index in [1.165, 1.54) is 5.56 Å². The average molecular weight is 597 g/mol. The molecule has 43 heavy (non-hydrogen) atoms. The number of nitriles is 1. The van der Waals surface area contributed by atoms with Crippen molar-refractivity contribution in [1.82, 2.24) is 34.4 Å². The van der Waals surface area contributed by atoms with Gasteiger partial charge in [0.25, 0.3) is 0 Å². The van der Waals surface area contributed by atoms with Crippen molar-refractivity contribution >= 4 is 34.4 Å². The van der Waals surface area contributed by atoms with E-state index in [0.717, 1.165) is 49.2 Å². The second-order valence-corrected chi connectivity index (χ2v) is 9.81. The molecule has 0 aliphatic carbocycles. The Morgan fingerprint density at radius 3 is 2.37 bits per heavy atom. The van der Waals surface area contributed by atoms with Crippen LogP contribution in [0.4, 0.5) is 11.6 Å².